The average Bonchev–Trinajstić information content (AvgIpc) is 2.57. The highest BCUT2D eigenvalue weighted by Crippen LogP contribution is 2.20. The zero-order chi connectivity index (χ0) is 16.9. The van der Waals surface area contributed by atoms with E-state index in [-0.39, 0.29) is 11.4 Å². The van der Waals surface area contributed by atoms with Crippen LogP contribution in [0.3, 0.4) is 0 Å². The SMILES string of the molecule is OC[C@H](O)[C@@H](O)[C@@H](O)c1cnc([C@H](O)[C@H](O)[C@@H](O)CO)cn1. The summed E-state index contributed by atoms with van der Waals surface area (Å²) in [6.45, 7) is -1.51. The van der Waals surface area contributed by atoms with E-state index in [1.165, 1.54) is 0 Å². The van der Waals surface area contributed by atoms with Crippen molar-refractivity contribution in [2.45, 2.75) is 36.6 Å². The van der Waals surface area contributed by atoms with E-state index in [0.29, 0.717) is 0 Å². The molecular weight excluding hydrogens is 300 g/mol. The lowest BCUT2D eigenvalue weighted by molar-refractivity contribution is -0.0808. The van der Waals surface area contributed by atoms with Crippen LogP contribution < -0.4 is 0 Å². The minimum absolute atomic E-state index is 0.131. The number of nitrogens with zero attached hydrogens (tertiary/aromatic N) is 2. The van der Waals surface area contributed by atoms with Gasteiger partial charge in [-0.25, -0.2) is 0 Å². The van der Waals surface area contributed by atoms with E-state index in [0.717, 1.165) is 12.4 Å². The maximum Gasteiger partial charge on any atom is 0.126 e. The van der Waals surface area contributed by atoms with Crippen LogP contribution in [0.5, 0.6) is 0 Å². The van der Waals surface area contributed by atoms with Crippen molar-refractivity contribution < 1.29 is 40.9 Å². The van der Waals surface area contributed by atoms with Gasteiger partial charge in [-0.3, -0.25) is 9.97 Å². The second-order valence-corrected chi connectivity index (χ2v) is 4.74. The van der Waals surface area contributed by atoms with Gasteiger partial charge in [0.25, 0.3) is 0 Å². The molecular formula is C12H20N2O8. The Morgan fingerprint density at radius 3 is 1.23 bits per heavy atom. The topological polar surface area (TPSA) is 188 Å². The molecule has 0 bridgehead atoms. The molecule has 0 fully saturated rings. The molecule has 0 radical (unpaired) electrons. The zero-order valence-corrected chi connectivity index (χ0v) is 11.5. The summed E-state index contributed by atoms with van der Waals surface area (Å²) in [7, 11) is 0. The molecule has 10 heteroatoms. The molecule has 0 spiro atoms. The lowest BCUT2D eigenvalue weighted by Crippen LogP contribution is -2.36. The van der Waals surface area contributed by atoms with E-state index in [4.69, 9.17) is 10.2 Å². The van der Waals surface area contributed by atoms with Crippen molar-refractivity contribution in [1.82, 2.24) is 9.97 Å². The fourth-order valence-corrected chi connectivity index (χ4v) is 1.64. The van der Waals surface area contributed by atoms with Gasteiger partial charge in [0.2, 0.25) is 0 Å². The Morgan fingerprint density at radius 1 is 0.682 bits per heavy atom. The summed E-state index contributed by atoms with van der Waals surface area (Å²) in [5.74, 6) is 0. The van der Waals surface area contributed by atoms with Gasteiger partial charge in [-0.1, -0.05) is 0 Å². The van der Waals surface area contributed by atoms with Crippen LogP contribution in [0.1, 0.15) is 23.6 Å². The highest BCUT2D eigenvalue weighted by atomic mass is 16.4. The Balaban J connectivity index is 2.82. The zero-order valence-electron chi connectivity index (χ0n) is 11.5. The van der Waals surface area contributed by atoms with Crippen LogP contribution in [-0.2, 0) is 0 Å². The second kappa shape index (κ2) is 8.41. The molecule has 6 atom stereocenters. The standard InChI is InChI=1S/C12H20N2O8/c15-3-7(17)11(21)9(19)5-1-13-6(2-14-5)10(20)12(22)8(18)4-16/h1-2,7-12,15-22H,3-4H2/t7-,8-,9-,10-,11+,12+/m0/s1. The van der Waals surface area contributed by atoms with Crippen LogP contribution in [0.2, 0.25) is 0 Å². The molecule has 1 heterocycles. The van der Waals surface area contributed by atoms with Gasteiger partial charge in [-0.2, -0.15) is 0 Å². The Morgan fingerprint density at radius 2 is 1.00 bits per heavy atom. The van der Waals surface area contributed by atoms with Crippen molar-refractivity contribution in [3.8, 4) is 0 Å². The van der Waals surface area contributed by atoms with E-state index in [2.05, 4.69) is 9.97 Å². The lowest BCUT2D eigenvalue weighted by atomic mass is 10.0. The van der Waals surface area contributed by atoms with E-state index in [1.54, 1.807) is 0 Å². The highest BCUT2D eigenvalue weighted by Gasteiger charge is 2.29. The maximum atomic E-state index is 9.75. The third kappa shape index (κ3) is 4.38. The molecule has 10 nitrogen and oxygen atoms in total. The summed E-state index contributed by atoms with van der Waals surface area (Å²) in [6.07, 6.45) is -7.74. The van der Waals surface area contributed by atoms with Gasteiger partial charge in [0.1, 0.15) is 36.6 Å². The number of aliphatic hydroxyl groups excluding tert-OH is 8. The number of rotatable bonds is 8. The second-order valence-electron chi connectivity index (χ2n) is 4.74. The molecule has 126 valence electrons. The fraction of sp³-hybridized carbons (Fsp3) is 0.667. The molecule has 1 aromatic heterocycles. The fourth-order valence-electron chi connectivity index (χ4n) is 1.64. The predicted molar refractivity (Wildman–Crippen MR) is 70.2 cm³/mol. The normalized spacial score (nSPS) is 20.0. The molecule has 0 saturated heterocycles. The van der Waals surface area contributed by atoms with Crippen molar-refractivity contribution in [3.63, 3.8) is 0 Å². The maximum absolute atomic E-state index is 9.75. The smallest absolute Gasteiger partial charge is 0.126 e. The first-order valence-electron chi connectivity index (χ1n) is 6.45. The molecule has 22 heavy (non-hydrogen) atoms. The van der Waals surface area contributed by atoms with Gasteiger partial charge in [0.15, 0.2) is 0 Å². The molecule has 0 unspecified atom stereocenters. The number of hydrogen-bond acceptors (Lipinski definition) is 10. The van der Waals surface area contributed by atoms with Crippen LogP contribution in [-0.4, -0.2) is 88.4 Å². The molecule has 8 N–H and O–H groups in total. The number of aromatic nitrogens is 2. The Kier molecular flexibility index (Phi) is 7.19. The summed E-state index contributed by atoms with van der Waals surface area (Å²) >= 11 is 0. The first-order chi connectivity index (χ1) is 10.3. The molecule has 0 amide bonds. The van der Waals surface area contributed by atoms with Crippen molar-refractivity contribution in [2.75, 3.05) is 13.2 Å². The summed E-state index contributed by atoms with van der Waals surface area (Å²) in [5, 5.41) is 74.4. The van der Waals surface area contributed by atoms with Crippen LogP contribution in [0.25, 0.3) is 0 Å². The van der Waals surface area contributed by atoms with E-state index >= 15 is 0 Å². The summed E-state index contributed by atoms with van der Waals surface area (Å²) in [4.78, 5) is 7.45. The summed E-state index contributed by atoms with van der Waals surface area (Å²) in [6, 6.07) is 0. The molecule has 1 aromatic rings. The molecule has 1 rings (SSSR count). The third-order valence-electron chi connectivity index (χ3n) is 3.11. The van der Waals surface area contributed by atoms with Gasteiger partial charge >= 0.3 is 0 Å². The molecule has 0 aliphatic heterocycles. The third-order valence-corrected chi connectivity index (χ3v) is 3.11. The average molecular weight is 320 g/mol. The van der Waals surface area contributed by atoms with Crippen LogP contribution >= 0.6 is 0 Å². The first-order valence-corrected chi connectivity index (χ1v) is 6.45. The Hall–Kier alpha value is -1.24. The lowest BCUT2D eigenvalue weighted by Gasteiger charge is -2.22. The monoisotopic (exact) mass is 320 g/mol. The number of aliphatic hydroxyl groups is 8. The van der Waals surface area contributed by atoms with Crippen LogP contribution in [0, 0.1) is 0 Å². The minimum Gasteiger partial charge on any atom is -0.394 e. The predicted octanol–water partition coefficient (Wildman–Crippen LogP) is -4.03. The summed E-state index contributed by atoms with van der Waals surface area (Å²) in [5.41, 5.74) is -0.263. The molecule has 0 aliphatic carbocycles. The van der Waals surface area contributed by atoms with Gasteiger partial charge in [0, 0.05) is 0 Å². The van der Waals surface area contributed by atoms with Crippen molar-refractivity contribution in [1.29, 1.82) is 0 Å². The van der Waals surface area contributed by atoms with Crippen LogP contribution in [0.15, 0.2) is 12.4 Å². The molecule has 0 aromatic carbocycles. The van der Waals surface area contributed by atoms with E-state index in [1.807, 2.05) is 0 Å². The Bertz CT molecular complexity index is 404. The van der Waals surface area contributed by atoms with Gasteiger partial charge in [0.05, 0.1) is 37.0 Å². The van der Waals surface area contributed by atoms with Crippen LogP contribution in [0.4, 0.5) is 0 Å². The number of hydrogen-bond donors (Lipinski definition) is 8. The Labute approximate surface area is 125 Å². The largest absolute Gasteiger partial charge is 0.394 e. The van der Waals surface area contributed by atoms with E-state index in [9.17, 15) is 30.6 Å². The van der Waals surface area contributed by atoms with Crippen molar-refractivity contribution in [2.24, 2.45) is 0 Å². The van der Waals surface area contributed by atoms with Crippen molar-refractivity contribution >= 4 is 0 Å². The molecule has 0 saturated carbocycles. The highest BCUT2D eigenvalue weighted by molar-refractivity contribution is 5.10. The van der Waals surface area contributed by atoms with Gasteiger partial charge in [-0.05, 0) is 0 Å². The quantitative estimate of drug-likeness (QED) is 0.234. The molecule has 0 aliphatic rings. The van der Waals surface area contributed by atoms with E-state index < -0.39 is 49.8 Å². The first kappa shape index (κ1) is 18.8. The van der Waals surface area contributed by atoms with Gasteiger partial charge in [-0.15, -0.1) is 0 Å². The minimum atomic E-state index is -1.68. The van der Waals surface area contributed by atoms with Crippen molar-refractivity contribution in [3.05, 3.63) is 23.8 Å². The summed E-state index contributed by atoms with van der Waals surface area (Å²) < 4.78 is 0. The van der Waals surface area contributed by atoms with Gasteiger partial charge < -0.3 is 40.9 Å².